The summed E-state index contributed by atoms with van der Waals surface area (Å²) in [6, 6.07) is 8.06. The molecule has 0 aliphatic rings. The van der Waals surface area contributed by atoms with Crippen LogP contribution in [-0.4, -0.2) is 15.3 Å². The predicted molar refractivity (Wildman–Crippen MR) is 75.5 cm³/mol. The monoisotopic (exact) mass is 344 g/mol. The number of carbonyl (C=O) groups is 1. The molecule has 0 fully saturated rings. The number of hydrogen-bond donors (Lipinski definition) is 1. The largest absolute Gasteiger partial charge is 0.478 e. The Kier molecular flexibility index (Phi) is 4.31. The molecule has 0 radical (unpaired) electrons. The molecule has 2 rings (SSSR count). The molecule has 94 valence electrons. The summed E-state index contributed by atoms with van der Waals surface area (Å²) in [4.78, 5) is 12.4. The highest BCUT2D eigenvalue weighted by Gasteiger charge is 2.10. The van der Waals surface area contributed by atoms with Crippen molar-refractivity contribution >= 4 is 44.0 Å². The van der Waals surface area contributed by atoms with Gasteiger partial charge in [0.15, 0.2) is 0 Å². The van der Waals surface area contributed by atoms with Gasteiger partial charge in [0, 0.05) is 14.2 Å². The molecule has 1 unspecified atom stereocenters. The van der Waals surface area contributed by atoms with Gasteiger partial charge in [-0.05, 0) is 51.6 Å². The number of halogens is 1. The van der Waals surface area contributed by atoms with Crippen molar-refractivity contribution in [1.29, 1.82) is 0 Å². The first-order valence-electron chi connectivity index (χ1n) is 5.01. The van der Waals surface area contributed by atoms with Gasteiger partial charge in [0.05, 0.1) is 22.1 Å². The Bertz CT molecular complexity index is 590. The van der Waals surface area contributed by atoms with E-state index in [2.05, 4.69) is 15.9 Å². The molecule has 1 aromatic heterocycles. The standard InChI is InChI=1S/C12H9BrO3S2/c13-10-5-6-17-11(10)7-18(16)9-3-1-8(2-4-9)12(14)15/h1-6H,7H2,(H,14,15). The third kappa shape index (κ3) is 3.07. The van der Waals surface area contributed by atoms with E-state index in [1.165, 1.54) is 12.1 Å². The number of aromatic carboxylic acids is 1. The van der Waals surface area contributed by atoms with Crippen molar-refractivity contribution in [3.63, 3.8) is 0 Å². The van der Waals surface area contributed by atoms with Crippen molar-refractivity contribution in [3.8, 4) is 0 Å². The van der Waals surface area contributed by atoms with Crippen LogP contribution in [0.5, 0.6) is 0 Å². The summed E-state index contributed by atoms with van der Waals surface area (Å²) in [6.07, 6.45) is 0. The molecule has 0 bridgehead atoms. The normalized spacial score (nSPS) is 12.3. The van der Waals surface area contributed by atoms with Crippen LogP contribution < -0.4 is 0 Å². The van der Waals surface area contributed by atoms with Crippen molar-refractivity contribution in [2.75, 3.05) is 0 Å². The Hall–Kier alpha value is -0.980. The molecule has 1 atom stereocenters. The molecule has 2 aromatic rings. The highest BCUT2D eigenvalue weighted by Crippen LogP contribution is 2.25. The smallest absolute Gasteiger partial charge is 0.335 e. The Morgan fingerprint density at radius 2 is 1.94 bits per heavy atom. The van der Waals surface area contributed by atoms with E-state index < -0.39 is 16.8 Å². The van der Waals surface area contributed by atoms with E-state index in [4.69, 9.17) is 5.11 Å². The minimum atomic E-state index is -1.16. The average Bonchev–Trinajstić information content (AvgIpc) is 2.75. The lowest BCUT2D eigenvalue weighted by Crippen LogP contribution is -1.98. The zero-order chi connectivity index (χ0) is 13.1. The average molecular weight is 345 g/mol. The van der Waals surface area contributed by atoms with Crippen molar-refractivity contribution in [2.24, 2.45) is 0 Å². The maximum Gasteiger partial charge on any atom is 0.335 e. The van der Waals surface area contributed by atoms with Crippen LogP contribution in [0.2, 0.25) is 0 Å². The zero-order valence-corrected chi connectivity index (χ0v) is 12.3. The van der Waals surface area contributed by atoms with Crippen LogP contribution in [0.25, 0.3) is 0 Å². The molecule has 1 heterocycles. The van der Waals surface area contributed by atoms with Gasteiger partial charge in [0.1, 0.15) is 0 Å². The molecule has 6 heteroatoms. The molecular formula is C12H9BrO3S2. The van der Waals surface area contributed by atoms with Gasteiger partial charge in [0.25, 0.3) is 0 Å². The summed E-state index contributed by atoms with van der Waals surface area (Å²) in [5, 5.41) is 10.7. The van der Waals surface area contributed by atoms with Crippen molar-refractivity contribution < 1.29 is 14.1 Å². The van der Waals surface area contributed by atoms with Crippen molar-refractivity contribution in [2.45, 2.75) is 10.6 Å². The van der Waals surface area contributed by atoms with Crippen molar-refractivity contribution in [1.82, 2.24) is 0 Å². The molecule has 0 amide bonds. The quantitative estimate of drug-likeness (QED) is 0.923. The number of carboxylic acids is 1. The summed E-state index contributed by atoms with van der Waals surface area (Å²) in [6.45, 7) is 0. The Balaban J connectivity index is 2.14. The maximum absolute atomic E-state index is 12.1. The third-order valence-corrected chi connectivity index (χ3v) is 5.78. The van der Waals surface area contributed by atoms with Gasteiger partial charge in [-0.2, -0.15) is 0 Å². The second kappa shape index (κ2) is 5.77. The van der Waals surface area contributed by atoms with Crippen LogP contribution in [0.15, 0.2) is 45.1 Å². The highest BCUT2D eigenvalue weighted by atomic mass is 79.9. The van der Waals surface area contributed by atoms with Gasteiger partial charge in [0.2, 0.25) is 0 Å². The van der Waals surface area contributed by atoms with Gasteiger partial charge >= 0.3 is 5.97 Å². The molecule has 0 spiro atoms. The number of benzene rings is 1. The first-order chi connectivity index (χ1) is 8.58. The number of carboxylic acid groups (broad SMARTS) is 1. The first kappa shape index (κ1) is 13.5. The Morgan fingerprint density at radius 1 is 1.28 bits per heavy atom. The highest BCUT2D eigenvalue weighted by molar-refractivity contribution is 9.10. The Labute approximate surface area is 119 Å². The molecule has 0 aliphatic carbocycles. The van der Waals surface area contributed by atoms with Gasteiger partial charge in [-0.3, -0.25) is 4.21 Å². The number of rotatable bonds is 4. The van der Waals surface area contributed by atoms with E-state index in [0.717, 1.165) is 9.35 Å². The van der Waals surface area contributed by atoms with Gasteiger partial charge < -0.3 is 5.11 Å². The number of hydrogen-bond acceptors (Lipinski definition) is 3. The summed E-state index contributed by atoms with van der Waals surface area (Å²) in [5.41, 5.74) is 0.202. The minimum absolute atomic E-state index is 0.202. The van der Waals surface area contributed by atoms with Gasteiger partial charge in [-0.1, -0.05) is 0 Å². The molecule has 18 heavy (non-hydrogen) atoms. The van der Waals surface area contributed by atoms with E-state index in [1.54, 1.807) is 23.5 Å². The van der Waals surface area contributed by atoms with Crippen LogP contribution in [-0.2, 0) is 16.6 Å². The van der Waals surface area contributed by atoms with Crippen LogP contribution in [0.4, 0.5) is 0 Å². The third-order valence-electron chi connectivity index (χ3n) is 2.32. The SMILES string of the molecule is O=C(O)c1ccc(S(=O)Cc2sccc2Br)cc1. The molecule has 0 saturated carbocycles. The van der Waals surface area contributed by atoms with E-state index in [9.17, 15) is 9.00 Å². The molecule has 1 aromatic carbocycles. The van der Waals surface area contributed by atoms with Crippen molar-refractivity contribution in [3.05, 3.63) is 50.6 Å². The zero-order valence-electron chi connectivity index (χ0n) is 9.13. The second-order valence-corrected chi connectivity index (χ2v) is 6.82. The maximum atomic E-state index is 12.1. The van der Waals surface area contributed by atoms with Crippen LogP contribution in [0.3, 0.4) is 0 Å². The topological polar surface area (TPSA) is 54.4 Å². The summed E-state index contributed by atoms with van der Waals surface area (Å²) in [5.74, 6) is -0.543. The van der Waals surface area contributed by atoms with E-state index in [-0.39, 0.29) is 5.56 Å². The Morgan fingerprint density at radius 3 is 2.44 bits per heavy atom. The summed E-state index contributed by atoms with van der Waals surface area (Å²) < 4.78 is 13.1. The van der Waals surface area contributed by atoms with E-state index >= 15 is 0 Å². The van der Waals surface area contributed by atoms with Gasteiger partial charge in [-0.25, -0.2) is 4.79 Å². The minimum Gasteiger partial charge on any atom is -0.478 e. The first-order valence-corrected chi connectivity index (χ1v) is 8.00. The fraction of sp³-hybridized carbons (Fsp3) is 0.0833. The summed E-state index contributed by atoms with van der Waals surface area (Å²) >= 11 is 4.94. The van der Waals surface area contributed by atoms with E-state index in [1.807, 2.05) is 11.4 Å². The fourth-order valence-electron chi connectivity index (χ4n) is 1.38. The predicted octanol–water partition coefficient (Wildman–Crippen LogP) is 3.52. The van der Waals surface area contributed by atoms with Gasteiger partial charge in [-0.15, -0.1) is 11.3 Å². The van der Waals surface area contributed by atoms with Crippen LogP contribution >= 0.6 is 27.3 Å². The summed E-state index contributed by atoms with van der Waals surface area (Å²) in [7, 11) is -1.16. The molecule has 1 N–H and O–H groups in total. The lowest BCUT2D eigenvalue weighted by atomic mass is 10.2. The van der Waals surface area contributed by atoms with Crippen LogP contribution in [0, 0.1) is 0 Å². The lowest BCUT2D eigenvalue weighted by molar-refractivity contribution is 0.0697. The fourth-order valence-corrected chi connectivity index (χ4v) is 4.44. The molecule has 3 nitrogen and oxygen atoms in total. The lowest BCUT2D eigenvalue weighted by Gasteiger charge is -2.02. The molecule has 0 aliphatic heterocycles. The molecule has 0 saturated heterocycles. The molecular weight excluding hydrogens is 336 g/mol. The second-order valence-electron chi connectivity index (χ2n) is 3.51. The van der Waals surface area contributed by atoms with Crippen LogP contribution in [0.1, 0.15) is 15.2 Å². The number of thiophene rings is 1. The van der Waals surface area contributed by atoms with E-state index in [0.29, 0.717) is 10.6 Å².